The van der Waals surface area contributed by atoms with Crippen LogP contribution < -0.4 is 27.6 Å². The Morgan fingerprint density at radius 2 is 1.65 bits per heavy atom. The van der Waals surface area contributed by atoms with Gasteiger partial charge in [-0.2, -0.15) is 0 Å². The first kappa shape index (κ1) is 17.9. The third kappa shape index (κ3) is 8.90. The van der Waals surface area contributed by atoms with Crippen molar-refractivity contribution in [3.63, 3.8) is 0 Å². The molecule has 0 saturated heterocycles. The van der Waals surface area contributed by atoms with E-state index in [-0.39, 0.29) is 11.9 Å². The van der Waals surface area contributed by atoms with Gasteiger partial charge in [-0.25, -0.2) is 4.79 Å². The molecule has 0 aromatic heterocycles. The number of rotatable bonds is 5. The third-order valence-corrected chi connectivity index (χ3v) is 2.11. The van der Waals surface area contributed by atoms with E-state index in [2.05, 4.69) is 27.6 Å². The lowest BCUT2D eigenvalue weighted by atomic mass is 10.1. The Morgan fingerprint density at radius 3 is 2.05 bits per heavy atom. The van der Waals surface area contributed by atoms with Gasteiger partial charge in [0, 0.05) is 18.2 Å². The molecular formula is C13H23N5O2. The van der Waals surface area contributed by atoms with Crippen LogP contribution >= 0.6 is 0 Å². The summed E-state index contributed by atoms with van der Waals surface area (Å²) >= 11 is 0. The standard InChI is InChI=1S/C12H19N3O.CH4N2O/c1-9(2)15-12(16)11-6-4-10(5-7-11)8-14-13-3;2-1(3)4/h4-7,9,13-14H,8H2,1-3H3,(H,15,16);(H4,2,3,4). The van der Waals surface area contributed by atoms with E-state index in [1.165, 1.54) is 0 Å². The lowest BCUT2D eigenvalue weighted by molar-refractivity contribution is 0.0943. The minimum atomic E-state index is -0.833. The van der Waals surface area contributed by atoms with Gasteiger partial charge in [0.1, 0.15) is 0 Å². The van der Waals surface area contributed by atoms with Crippen molar-refractivity contribution in [1.82, 2.24) is 16.2 Å². The van der Waals surface area contributed by atoms with Gasteiger partial charge in [-0.1, -0.05) is 12.1 Å². The minimum absolute atomic E-state index is 0.0249. The number of nitrogens with two attached hydrogens (primary N) is 2. The summed E-state index contributed by atoms with van der Waals surface area (Å²) in [4.78, 5) is 20.6. The molecule has 7 nitrogen and oxygen atoms in total. The summed E-state index contributed by atoms with van der Waals surface area (Å²) in [5.74, 6) is -0.0249. The van der Waals surface area contributed by atoms with E-state index in [0.717, 1.165) is 12.1 Å². The number of hydrogen-bond acceptors (Lipinski definition) is 4. The molecule has 7 N–H and O–H groups in total. The molecule has 7 heteroatoms. The van der Waals surface area contributed by atoms with Gasteiger partial charge in [0.25, 0.3) is 5.91 Å². The molecule has 0 aliphatic heterocycles. The zero-order valence-corrected chi connectivity index (χ0v) is 12.1. The van der Waals surface area contributed by atoms with Crippen molar-refractivity contribution >= 4 is 11.9 Å². The highest BCUT2D eigenvalue weighted by Gasteiger charge is 2.05. The van der Waals surface area contributed by atoms with Crippen LogP contribution in [0.15, 0.2) is 24.3 Å². The number of nitrogens with one attached hydrogen (secondary N) is 3. The van der Waals surface area contributed by atoms with E-state index < -0.39 is 6.03 Å². The molecule has 0 heterocycles. The average molecular weight is 281 g/mol. The highest BCUT2D eigenvalue weighted by molar-refractivity contribution is 5.94. The Balaban J connectivity index is 0.000000796. The largest absolute Gasteiger partial charge is 0.352 e. The average Bonchev–Trinajstić information content (AvgIpc) is 2.35. The molecule has 1 aromatic carbocycles. The van der Waals surface area contributed by atoms with Gasteiger partial charge in [-0.3, -0.25) is 15.6 Å². The van der Waals surface area contributed by atoms with Crippen molar-refractivity contribution in [3.8, 4) is 0 Å². The van der Waals surface area contributed by atoms with Crippen LogP contribution in [0.1, 0.15) is 29.8 Å². The summed E-state index contributed by atoms with van der Waals surface area (Å²) in [6.45, 7) is 4.63. The van der Waals surface area contributed by atoms with E-state index in [1.807, 2.05) is 45.2 Å². The second-order valence-corrected chi connectivity index (χ2v) is 4.33. The van der Waals surface area contributed by atoms with Gasteiger partial charge >= 0.3 is 6.03 Å². The van der Waals surface area contributed by atoms with Crippen molar-refractivity contribution in [2.75, 3.05) is 7.05 Å². The molecule has 0 radical (unpaired) electrons. The Labute approximate surface area is 119 Å². The molecule has 0 fully saturated rings. The topological polar surface area (TPSA) is 122 Å². The number of primary amides is 2. The molecule has 20 heavy (non-hydrogen) atoms. The third-order valence-electron chi connectivity index (χ3n) is 2.11. The first-order valence-electron chi connectivity index (χ1n) is 6.21. The molecule has 0 saturated carbocycles. The summed E-state index contributed by atoms with van der Waals surface area (Å²) < 4.78 is 0. The van der Waals surface area contributed by atoms with E-state index in [1.54, 1.807) is 0 Å². The fourth-order valence-corrected chi connectivity index (χ4v) is 1.31. The van der Waals surface area contributed by atoms with Gasteiger partial charge in [0.15, 0.2) is 0 Å². The molecule has 0 unspecified atom stereocenters. The molecule has 0 spiro atoms. The van der Waals surface area contributed by atoms with Crippen LogP contribution in [0.3, 0.4) is 0 Å². The van der Waals surface area contributed by atoms with Crippen molar-refractivity contribution in [2.45, 2.75) is 26.4 Å². The van der Waals surface area contributed by atoms with Crippen molar-refractivity contribution in [3.05, 3.63) is 35.4 Å². The van der Waals surface area contributed by atoms with Gasteiger partial charge in [0.2, 0.25) is 0 Å². The van der Waals surface area contributed by atoms with Gasteiger partial charge in [-0.05, 0) is 38.6 Å². The van der Waals surface area contributed by atoms with E-state index in [4.69, 9.17) is 4.79 Å². The Bertz CT molecular complexity index is 413. The number of urea groups is 1. The summed E-state index contributed by atoms with van der Waals surface area (Å²) in [5, 5.41) is 2.85. The zero-order valence-electron chi connectivity index (χ0n) is 12.1. The molecule has 112 valence electrons. The Hall–Kier alpha value is -2.12. The Morgan fingerprint density at radius 1 is 1.15 bits per heavy atom. The number of carbonyl (C=O) groups is 2. The van der Waals surface area contributed by atoms with Crippen LogP contribution in [-0.4, -0.2) is 25.0 Å². The fourth-order valence-electron chi connectivity index (χ4n) is 1.31. The molecular weight excluding hydrogens is 258 g/mol. The van der Waals surface area contributed by atoms with Crippen LogP contribution in [0.5, 0.6) is 0 Å². The fraction of sp³-hybridized carbons (Fsp3) is 0.385. The molecule has 0 atom stereocenters. The van der Waals surface area contributed by atoms with Crippen LogP contribution in [0, 0.1) is 0 Å². The van der Waals surface area contributed by atoms with Crippen LogP contribution in [-0.2, 0) is 6.54 Å². The Kier molecular flexibility index (Phi) is 8.73. The summed E-state index contributed by atoms with van der Waals surface area (Å²) in [6, 6.07) is 6.90. The molecule has 0 bridgehead atoms. The predicted octanol–water partition coefficient (Wildman–Crippen LogP) is 0.0726. The van der Waals surface area contributed by atoms with Gasteiger partial charge < -0.3 is 16.8 Å². The monoisotopic (exact) mass is 281 g/mol. The first-order chi connectivity index (χ1) is 9.36. The van der Waals surface area contributed by atoms with E-state index >= 15 is 0 Å². The number of benzene rings is 1. The van der Waals surface area contributed by atoms with Gasteiger partial charge in [-0.15, -0.1) is 0 Å². The molecule has 1 rings (SSSR count). The highest BCUT2D eigenvalue weighted by Crippen LogP contribution is 2.04. The SMILES string of the molecule is CNNCc1ccc(C(=O)NC(C)C)cc1.NC(N)=O. The van der Waals surface area contributed by atoms with Crippen molar-refractivity contribution in [2.24, 2.45) is 11.5 Å². The van der Waals surface area contributed by atoms with E-state index in [0.29, 0.717) is 5.56 Å². The number of hydrazine groups is 1. The quantitative estimate of drug-likeness (QED) is 0.490. The van der Waals surface area contributed by atoms with Crippen molar-refractivity contribution < 1.29 is 9.59 Å². The second kappa shape index (κ2) is 9.76. The maximum atomic E-state index is 11.6. The van der Waals surface area contributed by atoms with Crippen LogP contribution in [0.4, 0.5) is 4.79 Å². The highest BCUT2D eigenvalue weighted by atomic mass is 16.2. The lowest BCUT2D eigenvalue weighted by Crippen LogP contribution is -2.30. The normalized spacial score (nSPS) is 9.60. The lowest BCUT2D eigenvalue weighted by Gasteiger charge is -2.09. The maximum absolute atomic E-state index is 11.6. The summed E-state index contributed by atoms with van der Waals surface area (Å²) in [6.07, 6.45) is 0. The number of hydrogen-bond donors (Lipinski definition) is 5. The summed E-state index contributed by atoms with van der Waals surface area (Å²) in [7, 11) is 1.82. The molecule has 3 amide bonds. The number of carbonyl (C=O) groups excluding carboxylic acids is 2. The van der Waals surface area contributed by atoms with Gasteiger partial charge in [0.05, 0.1) is 0 Å². The zero-order chi connectivity index (χ0) is 15.5. The minimum Gasteiger partial charge on any atom is -0.352 e. The first-order valence-corrected chi connectivity index (χ1v) is 6.21. The van der Waals surface area contributed by atoms with Crippen molar-refractivity contribution in [1.29, 1.82) is 0 Å². The molecule has 0 aliphatic carbocycles. The number of amides is 3. The smallest absolute Gasteiger partial charge is 0.309 e. The molecule has 0 aliphatic rings. The van der Waals surface area contributed by atoms with E-state index in [9.17, 15) is 4.79 Å². The maximum Gasteiger partial charge on any atom is 0.309 e. The van der Waals surface area contributed by atoms with Crippen LogP contribution in [0.2, 0.25) is 0 Å². The molecule has 1 aromatic rings. The second-order valence-electron chi connectivity index (χ2n) is 4.33. The van der Waals surface area contributed by atoms with Crippen LogP contribution in [0.25, 0.3) is 0 Å². The summed E-state index contributed by atoms with van der Waals surface area (Å²) in [5.41, 5.74) is 16.2. The predicted molar refractivity (Wildman–Crippen MR) is 78.7 cm³/mol.